The lowest BCUT2D eigenvalue weighted by molar-refractivity contribution is 0.189. The van der Waals surface area contributed by atoms with E-state index in [1.54, 1.807) is 23.8 Å². The van der Waals surface area contributed by atoms with Gasteiger partial charge in [-0.3, -0.25) is 0 Å². The Labute approximate surface area is 175 Å². The molecule has 1 fully saturated rings. The Kier molecular flexibility index (Phi) is 4.45. The number of likely N-dealkylation sites (tertiary alicyclic amines) is 1. The highest BCUT2D eigenvalue weighted by atomic mass is 32.2. The van der Waals surface area contributed by atoms with Crippen LogP contribution >= 0.6 is 11.8 Å². The maximum atomic E-state index is 4.41. The average Bonchev–Trinajstić information content (AvgIpc) is 3.22. The summed E-state index contributed by atoms with van der Waals surface area (Å²) in [7, 11) is 0. The Hall–Kier alpha value is -2.12. The molecule has 2 atom stereocenters. The molecule has 0 unspecified atom stereocenters. The summed E-state index contributed by atoms with van der Waals surface area (Å²) in [5.41, 5.74) is 4.99. The van der Waals surface area contributed by atoms with Crippen LogP contribution < -0.4 is 4.90 Å². The molecular weight excluding hydrogens is 380 g/mol. The molecule has 1 saturated heterocycles. The van der Waals surface area contributed by atoms with Crippen LogP contribution in [-0.4, -0.2) is 62.4 Å². The highest BCUT2D eigenvalue weighted by Gasteiger charge is 2.43. The largest absolute Gasteiger partial charge is 0.367 e. The molecule has 1 aromatic carbocycles. The van der Waals surface area contributed by atoms with Crippen molar-refractivity contribution in [3.63, 3.8) is 0 Å². The van der Waals surface area contributed by atoms with Gasteiger partial charge in [0, 0.05) is 43.0 Å². The van der Waals surface area contributed by atoms with E-state index in [1.165, 1.54) is 43.1 Å². The monoisotopic (exact) mass is 406 g/mol. The molecule has 0 aliphatic carbocycles. The molecule has 3 aromatic rings. The number of imidazole rings is 1. The number of aromatic nitrogens is 4. The molecule has 0 radical (unpaired) electrons. The SMILES string of the molecule is c1cc2c3c(c1)[C@H]1CN(CCCn4cnc5cncnc54)CC[C@H]1N3CCCS2. The number of thioether (sulfide) groups is 1. The first-order valence-corrected chi connectivity index (χ1v) is 11.7. The van der Waals surface area contributed by atoms with Crippen LogP contribution in [0.5, 0.6) is 0 Å². The number of nitrogens with zero attached hydrogens (tertiary/aromatic N) is 6. The van der Waals surface area contributed by atoms with Gasteiger partial charge in [-0.15, -0.1) is 11.8 Å². The highest BCUT2D eigenvalue weighted by Crippen LogP contribution is 2.50. The minimum atomic E-state index is 0.666. The zero-order valence-electron chi connectivity index (χ0n) is 16.6. The first-order valence-electron chi connectivity index (χ1n) is 10.7. The number of piperidine rings is 1. The van der Waals surface area contributed by atoms with E-state index in [-0.39, 0.29) is 0 Å². The number of para-hydroxylation sites is 1. The van der Waals surface area contributed by atoms with E-state index in [0.717, 1.165) is 30.7 Å². The van der Waals surface area contributed by atoms with Crippen LogP contribution in [0, 0.1) is 0 Å². The van der Waals surface area contributed by atoms with Crippen molar-refractivity contribution in [2.75, 3.05) is 36.8 Å². The summed E-state index contributed by atoms with van der Waals surface area (Å²) in [5, 5.41) is 0. The fraction of sp³-hybridized carbons (Fsp3) is 0.500. The van der Waals surface area contributed by atoms with E-state index in [1.807, 2.05) is 6.33 Å². The van der Waals surface area contributed by atoms with E-state index in [4.69, 9.17) is 0 Å². The van der Waals surface area contributed by atoms with Crippen molar-refractivity contribution >= 4 is 28.6 Å². The molecule has 5 heterocycles. The normalized spacial score (nSPS) is 23.8. The summed E-state index contributed by atoms with van der Waals surface area (Å²) in [4.78, 5) is 19.8. The van der Waals surface area contributed by atoms with Crippen LogP contribution in [0.25, 0.3) is 11.2 Å². The zero-order chi connectivity index (χ0) is 19.2. The molecule has 0 saturated carbocycles. The van der Waals surface area contributed by atoms with Gasteiger partial charge < -0.3 is 14.4 Å². The van der Waals surface area contributed by atoms with Crippen LogP contribution in [0.1, 0.15) is 30.7 Å². The molecule has 2 aromatic heterocycles. The van der Waals surface area contributed by atoms with Crippen molar-refractivity contribution in [1.29, 1.82) is 0 Å². The van der Waals surface area contributed by atoms with Crippen LogP contribution in [0.2, 0.25) is 0 Å². The van der Waals surface area contributed by atoms with Crippen molar-refractivity contribution in [2.24, 2.45) is 0 Å². The fourth-order valence-electron chi connectivity index (χ4n) is 5.45. The van der Waals surface area contributed by atoms with Gasteiger partial charge in [0.1, 0.15) is 11.8 Å². The van der Waals surface area contributed by atoms with Crippen LogP contribution in [0.15, 0.2) is 41.9 Å². The molecule has 29 heavy (non-hydrogen) atoms. The lowest BCUT2D eigenvalue weighted by Gasteiger charge is -2.39. The molecule has 0 spiro atoms. The third-order valence-electron chi connectivity index (χ3n) is 6.73. The Morgan fingerprint density at radius 1 is 1.14 bits per heavy atom. The number of rotatable bonds is 4. The summed E-state index contributed by atoms with van der Waals surface area (Å²) >= 11 is 2.05. The van der Waals surface area contributed by atoms with E-state index in [2.05, 4.69) is 59.3 Å². The highest BCUT2D eigenvalue weighted by molar-refractivity contribution is 7.99. The summed E-state index contributed by atoms with van der Waals surface area (Å²) in [6, 6.07) is 7.70. The van der Waals surface area contributed by atoms with Gasteiger partial charge in [0.15, 0.2) is 5.65 Å². The second-order valence-electron chi connectivity index (χ2n) is 8.38. The molecule has 150 valence electrons. The van der Waals surface area contributed by atoms with Crippen molar-refractivity contribution < 1.29 is 0 Å². The van der Waals surface area contributed by atoms with Crippen molar-refractivity contribution in [3.8, 4) is 0 Å². The number of hydrogen-bond donors (Lipinski definition) is 0. The molecule has 0 N–H and O–H groups in total. The van der Waals surface area contributed by atoms with Gasteiger partial charge in [-0.05, 0) is 43.2 Å². The van der Waals surface area contributed by atoms with Gasteiger partial charge in [-0.25, -0.2) is 15.0 Å². The third-order valence-corrected chi connectivity index (χ3v) is 7.87. The maximum absolute atomic E-state index is 4.41. The minimum Gasteiger partial charge on any atom is -0.367 e. The molecule has 7 heteroatoms. The molecule has 3 aliphatic rings. The van der Waals surface area contributed by atoms with Gasteiger partial charge in [0.25, 0.3) is 0 Å². The lowest BCUT2D eigenvalue weighted by Crippen LogP contribution is -2.46. The molecule has 0 bridgehead atoms. The van der Waals surface area contributed by atoms with Crippen LogP contribution in [0.3, 0.4) is 0 Å². The van der Waals surface area contributed by atoms with E-state index in [0.29, 0.717) is 12.0 Å². The number of fused-ring (bicyclic) bond motifs is 4. The number of benzene rings is 1. The predicted octanol–water partition coefficient (Wildman–Crippen LogP) is 3.39. The quantitative estimate of drug-likeness (QED) is 0.662. The van der Waals surface area contributed by atoms with Crippen LogP contribution in [-0.2, 0) is 6.54 Å². The van der Waals surface area contributed by atoms with Gasteiger partial charge in [-0.2, -0.15) is 0 Å². The lowest BCUT2D eigenvalue weighted by atomic mass is 9.89. The van der Waals surface area contributed by atoms with Crippen molar-refractivity contribution in [1.82, 2.24) is 24.4 Å². The minimum absolute atomic E-state index is 0.666. The zero-order valence-corrected chi connectivity index (χ0v) is 17.4. The number of aryl methyl sites for hydroxylation is 1. The van der Waals surface area contributed by atoms with E-state index < -0.39 is 0 Å². The Morgan fingerprint density at radius 3 is 3.14 bits per heavy atom. The Balaban J connectivity index is 1.15. The standard InChI is InChI=1S/C22H26N6S/c1-4-16-17-13-26(7-2-8-27-15-25-18-12-23-14-24-22(18)27)10-6-19(17)28-9-3-11-29-20(5-1)21(16)28/h1,4-5,12,14-15,17,19H,2-3,6-11,13H2/t17-,19-/m1/s1. The van der Waals surface area contributed by atoms with Gasteiger partial charge in [-0.1, -0.05) is 12.1 Å². The number of anilines is 1. The van der Waals surface area contributed by atoms with Crippen molar-refractivity contribution in [2.45, 2.75) is 42.7 Å². The van der Waals surface area contributed by atoms with Gasteiger partial charge >= 0.3 is 0 Å². The smallest absolute Gasteiger partial charge is 0.163 e. The first-order chi connectivity index (χ1) is 14.4. The van der Waals surface area contributed by atoms with Crippen LogP contribution in [0.4, 0.5) is 5.69 Å². The second kappa shape index (κ2) is 7.29. The molecule has 3 aliphatic heterocycles. The van der Waals surface area contributed by atoms with Crippen molar-refractivity contribution in [3.05, 3.63) is 42.6 Å². The second-order valence-corrected chi connectivity index (χ2v) is 9.51. The average molecular weight is 407 g/mol. The molecule has 6 rings (SSSR count). The Morgan fingerprint density at radius 2 is 2.14 bits per heavy atom. The summed E-state index contributed by atoms with van der Waals surface area (Å²) < 4.78 is 2.16. The molecule has 0 amide bonds. The predicted molar refractivity (Wildman–Crippen MR) is 117 cm³/mol. The maximum Gasteiger partial charge on any atom is 0.163 e. The summed E-state index contributed by atoms with van der Waals surface area (Å²) in [5.74, 6) is 1.92. The fourth-order valence-corrected chi connectivity index (χ4v) is 6.49. The first kappa shape index (κ1) is 17.7. The summed E-state index contributed by atoms with van der Waals surface area (Å²) in [6.07, 6.45) is 9.00. The summed E-state index contributed by atoms with van der Waals surface area (Å²) in [6.45, 7) is 5.73. The number of hydrogen-bond acceptors (Lipinski definition) is 6. The Bertz CT molecular complexity index is 1030. The topological polar surface area (TPSA) is 50.1 Å². The van der Waals surface area contributed by atoms with Gasteiger partial charge in [0.05, 0.1) is 18.2 Å². The third kappa shape index (κ3) is 3.02. The molecule has 6 nitrogen and oxygen atoms in total. The van der Waals surface area contributed by atoms with Gasteiger partial charge in [0.2, 0.25) is 0 Å². The molecular formula is C22H26N6S. The van der Waals surface area contributed by atoms with E-state index in [9.17, 15) is 0 Å². The van der Waals surface area contributed by atoms with E-state index >= 15 is 0 Å².